The number of amides is 1. The molecule has 0 spiro atoms. The third-order valence-corrected chi connectivity index (χ3v) is 5.37. The number of hydrogen-bond donors (Lipinski definition) is 2. The maximum Gasteiger partial charge on any atom is 0.341 e. The Balaban J connectivity index is 2.02. The molecule has 2 aromatic carbocycles. The van der Waals surface area contributed by atoms with Gasteiger partial charge in [-0.15, -0.1) is 0 Å². The third-order valence-electron chi connectivity index (χ3n) is 5.37. The van der Waals surface area contributed by atoms with E-state index in [1.54, 1.807) is 29.3 Å². The van der Waals surface area contributed by atoms with Crippen molar-refractivity contribution >= 4 is 18.1 Å². The number of rotatable bonds is 14. The van der Waals surface area contributed by atoms with Gasteiger partial charge < -0.3 is 30.1 Å². The SMILES string of the molecule is CC(CCCOc1ccc(C(=O)N(C(C)C)C(C)C)c(OCC(=O)O)c1)Oc1ccccc1C=NN. The van der Waals surface area contributed by atoms with Crippen LogP contribution in [0.1, 0.15) is 63.4 Å². The highest BCUT2D eigenvalue weighted by Crippen LogP contribution is 2.28. The molecule has 0 aliphatic rings. The number of ether oxygens (including phenoxy) is 3. The number of para-hydroxylation sites is 1. The van der Waals surface area contributed by atoms with Gasteiger partial charge in [-0.1, -0.05) is 12.1 Å². The van der Waals surface area contributed by atoms with E-state index in [-0.39, 0.29) is 29.8 Å². The van der Waals surface area contributed by atoms with Crippen LogP contribution in [0.2, 0.25) is 0 Å². The first-order valence-electron chi connectivity index (χ1n) is 12.1. The number of carboxylic acid groups (broad SMARTS) is 1. The van der Waals surface area contributed by atoms with E-state index < -0.39 is 12.6 Å². The summed E-state index contributed by atoms with van der Waals surface area (Å²) in [5.41, 5.74) is 1.10. The standard InChI is InChI=1S/C27H37N3O6/c1-18(2)30(19(3)4)27(33)23-13-12-22(15-25(23)35-17-26(31)32)34-14-8-9-20(5)36-24-11-7-6-10-21(24)16-29-28/h6-7,10-13,15-16,18-20H,8-9,14,17,28H2,1-5H3,(H,31,32). The first-order chi connectivity index (χ1) is 17.1. The highest BCUT2D eigenvalue weighted by atomic mass is 16.5. The Morgan fingerprint density at radius 3 is 2.36 bits per heavy atom. The number of nitrogens with two attached hydrogens (primary N) is 1. The zero-order valence-corrected chi connectivity index (χ0v) is 21.6. The van der Waals surface area contributed by atoms with E-state index in [1.807, 2.05) is 58.9 Å². The van der Waals surface area contributed by atoms with Gasteiger partial charge >= 0.3 is 5.97 Å². The molecule has 36 heavy (non-hydrogen) atoms. The van der Waals surface area contributed by atoms with Gasteiger partial charge in [-0.05, 0) is 71.7 Å². The van der Waals surface area contributed by atoms with Gasteiger partial charge in [0.15, 0.2) is 6.61 Å². The number of hydrazone groups is 1. The molecule has 0 saturated heterocycles. The molecular weight excluding hydrogens is 462 g/mol. The molecule has 0 aliphatic carbocycles. The lowest BCUT2D eigenvalue weighted by atomic mass is 10.1. The summed E-state index contributed by atoms with van der Waals surface area (Å²) in [7, 11) is 0. The van der Waals surface area contributed by atoms with E-state index >= 15 is 0 Å². The topological polar surface area (TPSA) is 124 Å². The van der Waals surface area contributed by atoms with E-state index in [4.69, 9.17) is 25.2 Å². The van der Waals surface area contributed by atoms with Crippen molar-refractivity contribution in [3.8, 4) is 17.2 Å². The van der Waals surface area contributed by atoms with Crippen LogP contribution < -0.4 is 20.1 Å². The van der Waals surface area contributed by atoms with Crippen LogP contribution in [0.15, 0.2) is 47.6 Å². The molecule has 3 N–H and O–H groups in total. The minimum atomic E-state index is -1.13. The summed E-state index contributed by atoms with van der Waals surface area (Å²) in [4.78, 5) is 26.0. The van der Waals surface area contributed by atoms with Crippen molar-refractivity contribution in [1.82, 2.24) is 4.90 Å². The van der Waals surface area contributed by atoms with E-state index in [1.165, 1.54) is 0 Å². The Kier molecular flexibility index (Phi) is 11.1. The van der Waals surface area contributed by atoms with Crippen LogP contribution in [-0.4, -0.2) is 59.5 Å². The first kappa shape index (κ1) is 28.5. The monoisotopic (exact) mass is 499 g/mol. The fraction of sp³-hybridized carbons (Fsp3) is 0.444. The molecule has 9 nitrogen and oxygen atoms in total. The van der Waals surface area contributed by atoms with Gasteiger partial charge in [0, 0.05) is 23.7 Å². The Morgan fingerprint density at radius 2 is 1.72 bits per heavy atom. The maximum absolute atomic E-state index is 13.2. The van der Waals surface area contributed by atoms with E-state index in [0.29, 0.717) is 23.7 Å². The summed E-state index contributed by atoms with van der Waals surface area (Å²) in [6.07, 6.45) is 2.94. The van der Waals surface area contributed by atoms with Crippen LogP contribution in [0.25, 0.3) is 0 Å². The number of hydrogen-bond acceptors (Lipinski definition) is 7. The normalized spacial score (nSPS) is 12.1. The van der Waals surface area contributed by atoms with E-state index in [0.717, 1.165) is 18.4 Å². The molecule has 1 amide bonds. The predicted molar refractivity (Wildman–Crippen MR) is 139 cm³/mol. The summed E-state index contributed by atoms with van der Waals surface area (Å²) in [6.45, 7) is 9.56. The van der Waals surface area contributed by atoms with Crippen molar-refractivity contribution in [3.63, 3.8) is 0 Å². The Bertz CT molecular complexity index is 1030. The second kappa shape index (κ2) is 14.0. The van der Waals surface area contributed by atoms with Crippen molar-refractivity contribution in [2.24, 2.45) is 10.9 Å². The van der Waals surface area contributed by atoms with Crippen LogP contribution in [0.3, 0.4) is 0 Å². The smallest absolute Gasteiger partial charge is 0.341 e. The van der Waals surface area contributed by atoms with Gasteiger partial charge in [0.05, 0.1) is 24.5 Å². The average molecular weight is 500 g/mol. The number of aliphatic carboxylic acids is 1. The number of nitrogens with zero attached hydrogens (tertiary/aromatic N) is 2. The molecular formula is C27H37N3O6. The van der Waals surface area contributed by atoms with Crippen LogP contribution in [0.4, 0.5) is 0 Å². The summed E-state index contributed by atoms with van der Waals surface area (Å²) in [6, 6.07) is 12.3. The number of carbonyl (C=O) groups is 2. The molecule has 1 atom stereocenters. The van der Waals surface area contributed by atoms with Gasteiger partial charge in [-0.2, -0.15) is 5.10 Å². The summed E-state index contributed by atoms with van der Waals surface area (Å²) in [5, 5.41) is 12.6. The second-order valence-corrected chi connectivity index (χ2v) is 8.98. The number of carbonyl (C=O) groups excluding carboxylic acids is 1. The molecule has 2 aromatic rings. The van der Waals surface area contributed by atoms with Crippen molar-refractivity contribution in [2.75, 3.05) is 13.2 Å². The minimum Gasteiger partial charge on any atom is -0.493 e. The van der Waals surface area contributed by atoms with Crippen molar-refractivity contribution < 1.29 is 28.9 Å². The van der Waals surface area contributed by atoms with Crippen LogP contribution in [0.5, 0.6) is 17.2 Å². The molecule has 0 aromatic heterocycles. The van der Waals surface area contributed by atoms with E-state index in [9.17, 15) is 9.59 Å². The van der Waals surface area contributed by atoms with E-state index in [2.05, 4.69) is 5.10 Å². The van der Waals surface area contributed by atoms with Gasteiger partial charge in [0.1, 0.15) is 17.2 Å². The zero-order valence-electron chi connectivity index (χ0n) is 21.6. The zero-order chi connectivity index (χ0) is 26.7. The lowest BCUT2D eigenvalue weighted by Crippen LogP contribution is -2.42. The van der Waals surface area contributed by atoms with Gasteiger partial charge in [-0.25, -0.2) is 4.79 Å². The lowest BCUT2D eigenvalue weighted by Gasteiger charge is -2.31. The van der Waals surface area contributed by atoms with Crippen molar-refractivity contribution in [3.05, 3.63) is 53.6 Å². The van der Waals surface area contributed by atoms with Crippen LogP contribution >= 0.6 is 0 Å². The molecule has 0 radical (unpaired) electrons. The van der Waals surface area contributed by atoms with Gasteiger partial charge in [-0.3, -0.25) is 4.79 Å². The van der Waals surface area contributed by atoms with Crippen LogP contribution in [-0.2, 0) is 4.79 Å². The quantitative estimate of drug-likeness (QED) is 0.172. The second-order valence-electron chi connectivity index (χ2n) is 8.98. The van der Waals surface area contributed by atoms with Crippen LogP contribution in [0, 0.1) is 0 Å². The Morgan fingerprint density at radius 1 is 1.03 bits per heavy atom. The fourth-order valence-electron chi connectivity index (χ4n) is 3.84. The molecule has 0 aliphatic heterocycles. The molecule has 0 fully saturated rings. The molecule has 2 rings (SSSR count). The van der Waals surface area contributed by atoms with Crippen molar-refractivity contribution in [2.45, 2.75) is 65.6 Å². The van der Waals surface area contributed by atoms with Gasteiger partial charge in [0.25, 0.3) is 5.91 Å². The largest absolute Gasteiger partial charge is 0.493 e. The van der Waals surface area contributed by atoms with Gasteiger partial charge in [0.2, 0.25) is 0 Å². The average Bonchev–Trinajstić information content (AvgIpc) is 2.81. The van der Waals surface area contributed by atoms with Crippen molar-refractivity contribution in [1.29, 1.82) is 0 Å². The number of benzene rings is 2. The first-order valence-corrected chi connectivity index (χ1v) is 12.1. The molecule has 0 heterocycles. The Labute approximate surface area is 212 Å². The predicted octanol–water partition coefficient (Wildman–Crippen LogP) is 4.33. The number of carboxylic acids is 1. The molecule has 0 bridgehead atoms. The molecule has 0 saturated carbocycles. The summed E-state index contributed by atoms with van der Waals surface area (Å²) >= 11 is 0. The summed E-state index contributed by atoms with van der Waals surface area (Å²) in [5.74, 6) is 5.29. The Hall–Kier alpha value is -3.75. The third kappa shape index (κ3) is 8.48. The molecule has 196 valence electrons. The molecule has 9 heteroatoms. The summed E-state index contributed by atoms with van der Waals surface area (Å²) < 4.78 is 17.3. The highest BCUT2D eigenvalue weighted by Gasteiger charge is 2.25. The lowest BCUT2D eigenvalue weighted by molar-refractivity contribution is -0.139. The minimum absolute atomic E-state index is 0.0282. The fourth-order valence-corrected chi connectivity index (χ4v) is 3.84. The highest BCUT2D eigenvalue weighted by molar-refractivity contribution is 5.97. The maximum atomic E-state index is 13.2. The molecule has 1 unspecified atom stereocenters.